The van der Waals surface area contributed by atoms with Gasteiger partial charge in [0, 0.05) is 24.3 Å². The summed E-state index contributed by atoms with van der Waals surface area (Å²) in [6.07, 6.45) is 0. The maximum absolute atomic E-state index is 13.0. The Labute approximate surface area is 198 Å². The van der Waals surface area contributed by atoms with Crippen molar-refractivity contribution in [1.82, 2.24) is 9.46 Å². The van der Waals surface area contributed by atoms with Gasteiger partial charge in [-0.2, -0.15) is 4.31 Å². The summed E-state index contributed by atoms with van der Waals surface area (Å²) in [7, 11) is -3.68. The number of morpholine rings is 1. The van der Waals surface area contributed by atoms with Crippen LogP contribution in [0.3, 0.4) is 0 Å². The molecule has 2 aromatic carbocycles. The van der Waals surface area contributed by atoms with Gasteiger partial charge in [0.05, 0.1) is 29.4 Å². The smallest absolute Gasteiger partial charge is 0.255 e. The van der Waals surface area contributed by atoms with E-state index in [0.29, 0.717) is 49.1 Å². The van der Waals surface area contributed by atoms with E-state index in [9.17, 15) is 13.2 Å². The second kappa shape index (κ2) is 9.96. The lowest BCUT2D eigenvalue weighted by molar-refractivity contribution is 0.0730. The van der Waals surface area contributed by atoms with Gasteiger partial charge in [-0.25, -0.2) is 8.42 Å². The molecule has 0 saturated carbocycles. The Kier molecular flexibility index (Phi) is 7.01. The molecule has 1 amide bonds. The molecule has 1 aliphatic heterocycles. The lowest BCUT2D eigenvalue weighted by atomic mass is 10.1. The lowest BCUT2D eigenvalue weighted by Crippen LogP contribution is -2.40. The summed E-state index contributed by atoms with van der Waals surface area (Å²) < 4.78 is 43.6. The van der Waals surface area contributed by atoms with Gasteiger partial charge in [0.25, 0.3) is 5.91 Å². The van der Waals surface area contributed by atoms with Crippen molar-refractivity contribution in [1.29, 1.82) is 0 Å². The number of benzene rings is 2. The summed E-state index contributed by atoms with van der Waals surface area (Å²) in [5.41, 5.74) is 3.19. The topological polar surface area (TPSA) is 111 Å². The molecular weight excluding hydrogens is 458 g/mol. The molecule has 0 atom stereocenters. The van der Waals surface area contributed by atoms with Crippen molar-refractivity contribution in [2.24, 2.45) is 0 Å². The first kappa shape index (κ1) is 23.9. The molecular formula is C24H27N3O6S. The normalized spacial score (nSPS) is 14.7. The number of amides is 1. The summed E-state index contributed by atoms with van der Waals surface area (Å²) in [6, 6.07) is 11.5. The molecule has 0 aliphatic carbocycles. The molecule has 9 nitrogen and oxygen atoms in total. The maximum atomic E-state index is 13.0. The molecule has 1 aliphatic rings. The van der Waals surface area contributed by atoms with Crippen molar-refractivity contribution in [2.45, 2.75) is 32.3 Å². The van der Waals surface area contributed by atoms with Gasteiger partial charge in [0.1, 0.15) is 18.1 Å². The Balaban J connectivity index is 1.49. The third kappa shape index (κ3) is 5.14. The minimum absolute atomic E-state index is 0.131. The number of nitrogens with zero attached hydrogens (tertiary/aromatic N) is 2. The highest BCUT2D eigenvalue weighted by atomic mass is 32.2. The van der Waals surface area contributed by atoms with Gasteiger partial charge in [-0.15, -0.1) is 0 Å². The van der Waals surface area contributed by atoms with Crippen LogP contribution in [0, 0.1) is 20.8 Å². The van der Waals surface area contributed by atoms with Crippen LogP contribution in [-0.4, -0.2) is 50.1 Å². The van der Waals surface area contributed by atoms with E-state index in [1.165, 1.54) is 10.4 Å². The predicted octanol–water partition coefficient (Wildman–Crippen LogP) is 3.45. The zero-order valence-corrected chi connectivity index (χ0v) is 20.1. The van der Waals surface area contributed by atoms with Crippen LogP contribution in [0.15, 0.2) is 51.9 Å². The second-order valence-electron chi connectivity index (χ2n) is 8.07. The van der Waals surface area contributed by atoms with Crippen molar-refractivity contribution >= 4 is 21.6 Å². The van der Waals surface area contributed by atoms with Crippen LogP contribution >= 0.6 is 0 Å². The highest BCUT2D eigenvalue weighted by molar-refractivity contribution is 7.89. The largest absolute Gasteiger partial charge is 0.489 e. The van der Waals surface area contributed by atoms with Crippen LogP contribution in [0.5, 0.6) is 5.75 Å². The summed E-state index contributed by atoms with van der Waals surface area (Å²) in [5.74, 6) is 0.841. The Morgan fingerprint density at radius 3 is 2.59 bits per heavy atom. The van der Waals surface area contributed by atoms with E-state index in [4.69, 9.17) is 14.0 Å². The summed E-state index contributed by atoms with van der Waals surface area (Å²) in [5, 5.41) is 6.74. The Morgan fingerprint density at radius 1 is 1.12 bits per heavy atom. The quantitative estimate of drug-likeness (QED) is 0.546. The van der Waals surface area contributed by atoms with E-state index in [1.54, 1.807) is 36.4 Å². The van der Waals surface area contributed by atoms with Crippen LogP contribution in [0.4, 0.5) is 5.69 Å². The van der Waals surface area contributed by atoms with Gasteiger partial charge in [-0.1, -0.05) is 17.3 Å². The molecule has 3 aromatic rings. The van der Waals surface area contributed by atoms with E-state index in [2.05, 4.69) is 10.5 Å². The fourth-order valence-corrected chi connectivity index (χ4v) is 5.05. The first-order valence-corrected chi connectivity index (χ1v) is 12.3. The molecule has 1 saturated heterocycles. The molecule has 2 heterocycles. The third-order valence-electron chi connectivity index (χ3n) is 5.73. The fraction of sp³-hybridized carbons (Fsp3) is 0.333. The number of carbonyl (C=O) groups is 1. The van der Waals surface area contributed by atoms with Crippen molar-refractivity contribution in [3.63, 3.8) is 0 Å². The number of sulfonamides is 1. The minimum atomic E-state index is -3.68. The van der Waals surface area contributed by atoms with Crippen molar-refractivity contribution in [3.8, 4) is 5.75 Å². The highest BCUT2D eigenvalue weighted by Gasteiger charge is 2.27. The first-order valence-electron chi connectivity index (χ1n) is 10.9. The summed E-state index contributed by atoms with van der Waals surface area (Å²) in [4.78, 5) is 13.1. The Hall–Kier alpha value is -3.21. The number of ether oxygens (including phenoxy) is 2. The zero-order chi connectivity index (χ0) is 24.3. The van der Waals surface area contributed by atoms with E-state index in [1.807, 2.05) is 20.8 Å². The number of aryl methyl sites for hydroxylation is 3. The van der Waals surface area contributed by atoms with E-state index in [0.717, 1.165) is 16.8 Å². The Morgan fingerprint density at radius 2 is 1.88 bits per heavy atom. The predicted molar refractivity (Wildman–Crippen MR) is 125 cm³/mol. The second-order valence-corrected chi connectivity index (χ2v) is 10.0. The number of aromatic nitrogens is 1. The molecule has 1 fully saturated rings. The van der Waals surface area contributed by atoms with Gasteiger partial charge < -0.3 is 19.3 Å². The SMILES string of the molecule is Cc1ccc(S(=O)(=O)N2CCOCC2)cc1NC(=O)c1cccc(OCc2c(C)noc2C)c1. The zero-order valence-electron chi connectivity index (χ0n) is 19.3. The average molecular weight is 486 g/mol. The first-order chi connectivity index (χ1) is 16.3. The van der Waals surface area contributed by atoms with Crippen LogP contribution in [0.25, 0.3) is 0 Å². The number of hydrogen-bond acceptors (Lipinski definition) is 7. The number of nitrogens with one attached hydrogen (secondary N) is 1. The molecule has 1 aromatic heterocycles. The van der Waals surface area contributed by atoms with Crippen LogP contribution in [0.1, 0.15) is 32.9 Å². The molecule has 0 spiro atoms. The lowest BCUT2D eigenvalue weighted by Gasteiger charge is -2.26. The molecule has 4 rings (SSSR count). The van der Waals surface area contributed by atoms with Crippen LogP contribution < -0.4 is 10.1 Å². The minimum Gasteiger partial charge on any atom is -0.489 e. The van der Waals surface area contributed by atoms with Gasteiger partial charge in [-0.05, 0) is 56.7 Å². The van der Waals surface area contributed by atoms with Crippen LogP contribution in [-0.2, 0) is 21.4 Å². The summed E-state index contributed by atoms with van der Waals surface area (Å²) in [6.45, 7) is 7.08. The fourth-order valence-electron chi connectivity index (χ4n) is 3.62. The van der Waals surface area contributed by atoms with Gasteiger partial charge in [0.15, 0.2) is 0 Å². The number of carbonyl (C=O) groups excluding carboxylic acids is 1. The number of rotatable bonds is 7. The molecule has 0 radical (unpaired) electrons. The highest BCUT2D eigenvalue weighted by Crippen LogP contribution is 2.25. The average Bonchev–Trinajstić information content (AvgIpc) is 3.16. The van der Waals surface area contributed by atoms with Gasteiger partial charge >= 0.3 is 0 Å². The van der Waals surface area contributed by atoms with E-state index in [-0.39, 0.29) is 17.4 Å². The van der Waals surface area contributed by atoms with E-state index < -0.39 is 10.0 Å². The van der Waals surface area contributed by atoms with Crippen molar-refractivity contribution in [2.75, 3.05) is 31.6 Å². The van der Waals surface area contributed by atoms with Crippen LogP contribution in [0.2, 0.25) is 0 Å². The van der Waals surface area contributed by atoms with E-state index >= 15 is 0 Å². The number of hydrogen-bond donors (Lipinski definition) is 1. The monoisotopic (exact) mass is 485 g/mol. The molecule has 0 unspecified atom stereocenters. The molecule has 10 heteroatoms. The molecule has 0 bridgehead atoms. The standard InChI is InChI=1S/C24H27N3O6S/c1-16-7-8-21(34(29,30)27-9-11-31-12-10-27)14-23(16)25-24(28)19-5-4-6-20(13-19)32-15-22-17(2)26-33-18(22)3/h4-8,13-14H,9-12,15H2,1-3H3,(H,25,28). The summed E-state index contributed by atoms with van der Waals surface area (Å²) >= 11 is 0. The maximum Gasteiger partial charge on any atom is 0.255 e. The van der Waals surface area contributed by atoms with Gasteiger partial charge in [-0.3, -0.25) is 4.79 Å². The van der Waals surface area contributed by atoms with Crippen molar-refractivity contribution in [3.05, 3.63) is 70.6 Å². The van der Waals surface area contributed by atoms with Gasteiger partial charge in [0.2, 0.25) is 10.0 Å². The number of anilines is 1. The van der Waals surface area contributed by atoms with Crippen molar-refractivity contribution < 1.29 is 27.2 Å². The molecule has 34 heavy (non-hydrogen) atoms. The molecule has 1 N–H and O–H groups in total. The molecule has 180 valence electrons. The third-order valence-corrected chi connectivity index (χ3v) is 7.62. The Bertz CT molecular complexity index is 1280.